The molecule has 2 saturated heterocycles. The zero-order valence-corrected chi connectivity index (χ0v) is 25.9. The standard InChI is InChI=1S/C36H40N2O7/c1-3-43-31-22-26(10-13-30(31)44-23-25-8-5-4-6-9-25)33-32(34(39)27-11-12-29-28(21-27)20-24(2)45-29)35(40)36(41)38(33)15-7-14-37-16-18-42-19-17-37/h4-6,8-13,21-22,24,33,39H,3,7,14-20,23H2,1-2H3/b34-32+/t24-,33+/m0/s1. The first-order valence-electron chi connectivity index (χ1n) is 15.7. The molecule has 0 unspecified atom stereocenters. The quantitative estimate of drug-likeness (QED) is 0.181. The predicted molar refractivity (Wildman–Crippen MR) is 170 cm³/mol. The van der Waals surface area contributed by atoms with Crippen molar-refractivity contribution in [1.29, 1.82) is 0 Å². The molecule has 1 amide bonds. The summed E-state index contributed by atoms with van der Waals surface area (Å²) >= 11 is 0. The molecule has 3 aromatic rings. The van der Waals surface area contributed by atoms with Crippen molar-refractivity contribution in [3.63, 3.8) is 0 Å². The first-order chi connectivity index (χ1) is 21.9. The summed E-state index contributed by atoms with van der Waals surface area (Å²) in [5.74, 6) is 0.320. The number of amides is 1. The molecular formula is C36H40N2O7. The van der Waals surface area contributed by atoms with Crippen LogP contribution in [0, 0.1) is 0 Å². The van der Waals surface area contributed by atoms with Gasteiger partial charge in [-0.15, -0.1) is 0 Å². The van der Waals surface area contributed by atoms with E-state index in [9.17, 15) is 14.7 Å². The summed E-state index contributed by atoms with van der Waals surface area (Å²) in [5, 5.41) is 11.7. The maximum absolute atomic E-state index is 13.7. The Kier molecular flexibility index (Phi) is 9.37. The lowest BCUT2D eigenvalue weighted by Crippen LogP contribution is -2.39. The van der Waals surface area contributed by atoms with Crippen LogP contribution in [0.2, 0.25) is 0 Å². The number of Topliss-reactive ketones (excluding diaryl/α,β-unsaturated/α-hetero) is 1. The summed E-state index contributed by atoms with van der Waals surface area (Å²) in [6.45, 7) is 8.84. The minimum Gasteiger partial charge on any atom is -0.507 e. The molecule has 3 heterocycles. The topological polar surface area (TPSA) is 97.8 Å². The van der Waals surface area contributed by atoms with E-state index in [0.29, 0.717) is 68.4 Å². The first-order valence-corrected chi connectivity index (χ1v) is 15.7. The van der Waals surface area contributed by atoms with Crippen molar-refractivity contribution in [2.75, 3.05) is 46.0 Å². The summed E-state index contributed by atoms with van der Waals surface area (Å²) in [5.41, 5.74) is 3.19. The van der Waals surface area contributed by atoms with Crippen molar-refractivity contribution < 1.29 is 33.6 Å². The fourth-order valence-electron chi connectivity index (χ4n) is 6.29. The zero-order valence-electron chi connectivity index (χ0n) is 25.9. The molecule has 3 aliphatic heterocycles. The summed E-state index contributed by atoms with van der Waals surface area (Å²) in [7, 11) is 0. The number of hydrogen-bond acceptors (Lipinski definition) is 8. The Morgan fingerprint density at radius 3 is 2.53 bits per heavy atom. The lowest BCUT2D eigenvalue weighted by Gasteiger charge is -2.29. The van der Waals surface area contributed by atoms with Crippen molar-refractivity contribution >= 4 is 17.4 Å². The van der Waals surface area contributed by atoms with Crippen molar-refractivity contribution in [2.24, 2.45) is 0 Å². The fraction of sp³-hybridized carbons (Fsp3) is 0.389. The van der Waals surface area contributed by atoms with Crippen molar-refractivity contribution in [2.45, 2.75) is 45.4 Å². The third kappa shape index (κ3) is 6.70. The van der Waals surface area contributed by atoms with Crippen LogP contribution in [0.1, 0.15) is 48.6 Å². The lowest BCUT2D eigenvalue weighted by atomic mass is 9.94. The van der Waals surface area contributed by atoms with E-state index in [1.807, 2.05) is 74.5 Å². The number of carbonyl (C=O) groups excluding carboxylic acids is 2. The summed E-state index contributed by atoms with van der Waals surface area (Å²) in [4.78, 5) is 31.2. The highest BCUT2D eigenvalue weighted by Crippen LogP contribution is 2.43. The number of benzene rings is 3. The van der Waals surface area contributed by atoms with Crippen molar-refractivity contribution in [3.8, 4) is 17.2 Å². The molecule has 9 heteroatoms. The van der Waals surface area contributed by atoms with E-state index >= 15 is 0 Å². The van der Waals surface area contributed by atoms with Crippen LogP contribution < -0.4 is 14.2 Å². The average molecular weight is 613 g/mol. The molecule has 1 N–H and O–H groups in total. The number of nitrogens with zero attached hydrogens (tertiary/aromatic N) is 2. The molecule has 0 aliphatic carbocycles. The van der Waals surface area contributed by atoms with Gasteiger partial charge in [0.1, 0.15) is 24.2 Å². The number of ether oxygens (including phenoxy) is 4. The Balaban J connectivity index is 1.35. The van der Waals surface area contributed by atoms with Crippen LogP contribution in [-0.2, 0) is 27.4 Å². The monoisotopic (exact) mass is 612 g/mol. The van der Waals surface area contributed by atoms with Gasteiger partial charge in [-0.05, 0) is 67.3 Å². The summed E-state index contributed by atoms with van der Waals surface area (Å²) < 4.78 is 23.4. The van der Waals surface area contributed by atoms with E-state index in [-0.39, 0.29) is 17.4 Å². The van der Waals surface area contributed by atoms with E-state index in [1.165, 1.54) is 0 Å². The highest BCUT2D eigenvalue weighted by molar-refractivity contribution is 6.46. The molecule has 0 spiro atoms. The van der Waals surface area contributed by atoms with Crippen LogP contribution in [0.3, 0.4) is 0 Å². The van der Waals surface area contributed by atoms with Gasteiger partial charge < -0.3 is 29.0 Å². The molecule has 2 fully saturated rings. The number of aliphatic hydroxyl groups excluding tert-OH is 1. The number of aliphatic hydroxyl groups is 1. The van der Waals surface area contributed by atoms with Gasteiger partial charge in [-0.25, -0.2) is 0 Å². The summed E-state index contributed by atoms with van der Waals surface area (Å²) in [6, 6.07) is 19.9. The Labute approximate surface area is 263 Å². The normalized spacial score (nSPS) is 21.1. The van der Waals surface area contributed by atoms with Crippen LogP contribution in [0.15, 0.2) is 72.3 Å². The lowest BCUT2D eigenvalue weighted by molar-refractivity contribution is -0.140. The van der Waals surface area contributed by atoms with Crippen LogP contribution >= 0.6 is 0 Å². The molecule has 9 nitrogen and oxygen atoms in total. The summed E-state index contributed by atoms with van der Waals surface area (Å²) in [6.07, 6.45) is 1.42. The number of hydrogen-bond donors (Lipinski definition) is 1. The van der Waals surface area contributed by atoms with Gasteiger partial charge in [0, 0.05) is 38.2 Å². The molecule has 0 saturated carbocycles. The molecule has 3 aliphatic rings. The van der Waals surface area contributed by atoms with E-state index in [4.69, 9.17) is 18.9 Å². The van der Waals surface area contributed by atoms with E-state index in [0.717, 1.165) is 36.5 Å². The van der Waals surface area contributed by atoms with Gasteiger partial charge in [0.2, 0.25) is 0 Å². The molecule has 0 aromatic heterocycles. The molecule has 3 aromatic carbocycles. The largest absolute Gasteiger partial charge is 0.507 e. The van der Waals surface area contributed by atoms with Gasteiger partial charge in [0.15, 0.2) is 11.5 Å². The van der Waals surface area contributed by atoms with Crippen molar-refractivity contribution in [1.82, 2.24) is 9.80 Å². The number of carbonyl (C=O) groups is 2. The maximum atomic E-state index is 13.7. The number of likely N-dealkylation sites (tertiary alicyclic amines) is 1. The molecule has 0 radical (unpaired) electrons. The van der Waals surface area contributed by atoms with Crippen LogP contribution in [-0.4, -0.2) is 78.7 Å². The second-order valence-electron chi connectivity index (χ2n) is 11.7. The Morgan fingerprint density at radius 2 is 1.76 bits per heavy atom. The van der Waals surface area contributed by atoms with Crippen LogP contribution in [0.4, 0.5) is 0 Å². The molecule has 0 bridgehead atoms. The molecule has 2 atom stereocenters. The van der Waals surface area contributed by atoms with Crippen molar-refractivity contribution in [3.05, 3.63) is 94.6 Å². The van der Waals surface area contributed by atoms with Crippen LogP contribution in [0.5, 0.6) is 17.2 Å². The minimum atomic E-state index is -0.791. The van der Waals surface area contributed by atoms with Gasteiger partial charge in [-0.1, -0.05) is 36.4 Å². The highest BCUT2D eigenvalue weighted by Gasteiger charge is 2.46. The SMILES string of the molecule is CCOc1cc([C@@H]2/C(=C(\O)c3ccc4c(c3)C[C@H](C)O4)C(=O)C(=O)N2CCCN2CCOCC2)ccc1OCc1ccccc1. The van der Waals surface area contributed by atoms with Gasteiger partial charge in [-0.3, -0.25) is 14.5 Å². The van der Waals surface area contributed by atoms with E-state index < -0.39 is 17.7 Å². The number of rotatable bonds is 11. The van der Waals surface area contributed by atoms with Gasteiger partial charge in [0.05, 0.1) is 31.4 Å². The maximum Gasteiger partial charge on any atom is 0.295 e. The molecule has 6 rings (SSSR count). The second-order valence-corrected chi connectivity index (χ2v) is 11.7. The Morgan fingerprint density at radius 1 is 0.956 bits per heavy atom. The molecule has 236 valence electrons. The zero-order chi connectivity index (χ0) is 31.3. The van der Waals surface area contributed by atoms with Gasteiger partial charge in [0.25, 0.3) is 11.7 Å². The second kappa shape index (κ2) is 13.7. The van der Waals surface area contributed by atoms with Crippen LogP contribution in [0.25, 0.3) is 5.76 Å². The Hall–Kier alpha value is -4.34. The van der Waals surface area contributed by atoms with Gasteiger partial charge in [-0.2, -0.15) is 0 Å². The fourth-order valence-corrected chi connectivity index (χ4v) is 6.29. The minimum absolute atomic E-state index is 0.0362. The third-order valence-electron chi connectivity index (χ3n) is 8.51. The highest BCUT2D eigenvalue weighted by atomic mass is 16.5. The van der Waals surface area contributed by atoms with Gasteiger partial charge >= 0.3 is 0 Å². The first kappa shape index (κ1) is 30.7. The average Bonchev–Trinajstić information content (AvgIpc) is 3.56. The smallest absolute Gasteiger partial charge is 0.295 e. The van der Waals surface area contributed by atoms with E-state index in [2.05, 4.69) is 4.90 Å². The number of ketones is 1. The molecular weight excluding hydrogens is 572 g/mol. The predicted octanol–water partition coefficient (Wildman–Crippen LogP) is 5.13. The number of morpholine rings is 1. The third-order valence-corrected chi connectivity index (χ3v) is 8.51. The Bertz CT molecular complexity index is 1560. The number of fused-ring (bicyclic) bond motifs is 1. The van der Waals surface area contributed by atoms with E-state index in [1.54, 1.807) is 11.0 Å². The molecule has 45 heavy (non-hydrogen) atoms.